The number of rotatable bonds is 5. The van der Waals surface area contributed by atoms with Crippen LogP contribution in [0, 0.1) is 0 Å². The van der Waals surface area contributed by atoms with E-state index in [1.165, 1.54) is 0 Å². The normalized spacial score (nSPS) is 10.5. The first-order valence-corrected chi connectivity index (χ1v) is 6.73. The van der Waals surface area contributed by atoms with Crippen LogP contribution in [-0.2, 0) is 6.54 Å². The van der Waals surface area contributed by atoms with E-state index in [-0.39, 0.29) is 0 Å². The number of hydrogen-bond donors (Lipinski definition) is 1. The van der Waals surface area contributed by atoms with Crippen LogP contribution in [0.5, 0.6) is 11.6 Å². The van der Waals surface area contributed by atoms with Crippen LogP contribution >= 0.6 is 23.2 Å². The van der Waals surface area contributed by atoms with Gasteiger partial charge in [0.25, 0.3) is 0 Å². The zero-order valence-electron chi connectivity index (χ0n) is 10.5. The highest BCUT2D eigenvalue weighted by Crippen LogP contribution is 2.28. The molecule has 0 aliphatic rings. The molecular formula is C14H14Cl2N2O. The molecule has 1 aromatic carbocycles. The predicted molar refractivity (Wildman–Crippen MR) is 78.2 cm³/mol. The van der Waals surface area contributed by atoms with E-state index >= 15 is 0 Å². The maximum absolute atomic E-state index is 6.15. The van der Waals surface area contributed by atoms with Gasteiger partial charge in [-0.2, -0.15) is 0 Å². The molecule has 0 saturated heterocycles. The molecule has 2 aromatic rings. The van der Waals surface area contributed by atoms with Crippen molar-refractivity contribution in [3.8, 4) is 11.6 Å². The molecule has 0 amide bonds. The summed E-state index contributed by atoms with van der Waals surface area (Å²) < 4.78 is 5.60. The largest absolute Gasteiger partial charge is 0.437 e. The molecule has 0 unspecified atom stereocenters. The van der Waals surface area contributed by atoms with Gasteiger partial charge in [-0.25, -0.2) is 4.98 Å². The van der Waals surface area contributed by atoms with E-state index in [4.69, 9.17) is 27.9 Å². The second-order valence-corrected chi connectivity index (χ2v) is 4.81. The van der Waals surface area contributed by atoms with Crippen molar-refractivity contribution in [2.75, 3.05) is 6.54 Å². The fourth-order valence-electron chi connectivity index (χ4n) is 1.55. The molecule has 1 N–H and O–H groups in total. The predicted octanol–water partition coefficient (Wildman–Crippen LogP) is 4.29. The maximum Gasteiger partial charge on any atom is 0.238 e. The van der Waals surface area contributed by atoms with E-state index in [0.717, 1.165) is 18.7 Å². The minimum Gasteiger partial charge on any atom is -0.437 e. The number of halogens is 2. The number of pyridine rings is 1. The van der Waals surface area contributed by atoms with Crippen molar-refractivity contribution in [1.29, 1.82) is 0 Å². The van der Waals surface area contributed by atoms with Crippen LogP contribution in [0.4, 0.5) is 0 Å². The molecule has 19 heavy (non-hydrogen) atoms. The zero-order chi connectivity index (χ0) is 13.7. The van der Waals surface area contributed by atoms with Gasteiger partial charge >= 0.3 is 0 Å². The molecule has 0 bridgehead atoms. The van der Waals surface area contributed by atoms with E-state index in [1.54, 1.807) is 24.4 Å². The molecular weight excluding hydrogens is 283 g/mol. The van der Waals surface area contributed by atoms with Gasteiger partial charge in [-0.05, 0) is 36.4 Å². The summed E-state index contributed by atoms with van der Waals surface area (Å²) in [6.45, 7) is 3.69. The third-order valence-corrected chi connectivity index (χ3v) is 2.96. The molecule has 0 atom stereocenters. The van der Waals surface area contributed by atoms with Crippen LogP contribution in [0.15, 0.2) is 36.5 Å². The Morgan fingerprint density at radius 1 is 1.26 bits per heavy atom. The van der Waals surface area contributed by atoms with Crippen molar-refractivity contribution < 1.29 is 4.74 Å². The number of nitrogens with zero attached hydrogens (tertiary/aromatic N) is 1. The number of nitrogens with one attached hydrogen (secondary N) is 1. The Balaban J connectivity index is 2.13. The standard InChI is InChI=1S/C14H14Cl2N2O/c1-2-17-8-10-6-13(16)14(18-9-10)19-12-5-3-4-11(15)7-12/h3-7,9,17H,2,8H2,1H3. The van der Waals surface area contributed by atoms with Gasteiger partial charge in [0.05, 0.1) is 0 Å². The first kappa shape index (κ1) is 14.1. The Morgan fingerprint density at radius 2 is 2.11 bits per heavy atom. The summed E-state index contributed by atoms with van der Waals surface area (Å²) in [4.78, 5) is 4.22. The van der Waals surface area contributed by atoms with E-state index in [2.05, 4.69) is 10.3 Å². The van der Waals surface area contributed by atoms with Crippen LogP contribution in [0.25, 0.3) is 0 Å². The second-order valence-electron chi connectivity index (χ2n) is 3.97. The smallest absolute Gasteiger partial charge is 0.238 e. The molecule has 1 heterocycles. The fourth-order valence-corrected chi connectivity index (χ4v) is 1.96. The molecule has 0 radical (unpaired) electrons. The number of ether oxygens (including phenoxy) is 1. The highest BCUT2D eigenvalue weighted by Gasteiger charge is 2.06. The van der Waals surface area contributed by atoms with E-state index in [9.17, 15) is 0 Å². The summed E-state index contributed by atoms with van der Waals surface area (Å²) in [5, 5.41) is 4.30. The van der Waals surface area contributed by atoms with Gasteiger partial charge in [-0.3, -0.25) is 0 Å². The fraction of sp³-hybridized carbons (Fsp3) is 0.214. The Labute approximate surface area is 122 Å². The summed E-state index contributed by atoms with van der Waals surface area (Å²) in [6.07, 6.45) is 1.74. The SMILES string of the molecule is CCNCc1cnc(Oc2cccc(Cl)c2)c(Cl)c1. The lowest BCUT2D eigenvalue weighted by atomic mass is 10.3. The third-order valence-electron chi connectivity index (χ3n) is 2.45. The highest BCUT2D eigenvalue weighted by atomic mass is 35.5. The molecule has 2 rings (SSSR count). The minimum atomic E-state index is 0.379. The number of hydrogen-bond acceptors (Lipinski definition) is 3. The second kappa shape index (κ2) is 6.75. The highest BCUT2D eigenvalue weighted by molar-refractivity contribution is 6.32. The molecule has 0 spiro atoms. The molecule has 1 aromatic heterocycles. The maximum atomic E-state index is 6.15. The van der Waals surface area contributed by atoms with Gasteiger partial charge in [-0.15, -0.1) is 0 Å². The molecule has 0 fully saturated rings. The average Bonchev–Trinajstić information content (AvgIpc) is 2.39. The summed E-state index contributed by atoms with van der Waals surface area (Å²) in [7, 11) is 0. The Morgan fingerprint density at radius 3 is 2.79 bits per heavy atom. The van der Waals surface area contributed by atoms with Crippen molar-refractivity contribution in [2.24, 2.45) is 0 Å². The summed E-state index contributed by atoms with van der Waals surface area (Å²) in [5.41, 5.74) is 1.02. The summed E-state index contributed by atoms with van der Waals surface area (Å²) >= 11 is 12.0. The molecule has 0 saturated carbocycles. The Kier molecular flexibility index (Phi) is 5.02. The van der Waals surface area contributed by atoms with Crippen LogP contribution in [0.1, 0.15) is 12.5 Å². The van der Waals surface area contributed by atoms with Crippen LogP contribution < -0.4 is 10.1 Å². The molecule has 3 nitrogen and oxygen atoms in total. The van der Waals surface area contributed by atoms with Gasteiger partial charge in [0.15, 0.2) is 0 Å². The van der Waals surface area contributed by atoms with Crippen molar-refractivity contribution in [2.45, 2.75) is 13.5 Å². The lowest BCUT2D eigenvalue weighted by Gasteiger charge is -2.08. The van der Waals surface area contributed by atoms with Gasteiger partial charge in [0, 0.05) is 17.8 Å². The summed E-state index contributed by atoms with van der Waals surface area (Å²) in [6, 6.07) is 8.95. The lowest BCUT2D eigenvalue weighted by Crippen LogP contribution is -2.11. The van der Waals surface area contributed by atoms with Gasteiger partial charge in [0.1, 0.15) is 10.8 Å². The van der Waals surface area contributed by atoms with Crippen LogP contribution in [0.3, 0.4) is 0 Å². The third kappa shape index (κ3) is 4.10. The van der Waals surface area contributed by atoms with E-state index in [0.29, 0.717) is 21.7 Å². The summed E-state index contributed by atoms with van der Waals surface area (Å²) in [5.74, 6) is 0.991. The molecule has 0 aliphatic heterocycles. The van der Waals surface area contributed by atoms with Crippen molar-refractivity contribution >= 4 is 23.2 Å². The Bertz CT molecular complexity index is 561. The first-order valence-electron chi connectivity index (χ1n) is 5.97. The number of aromatic nitrogens is 1. The van der Waals surface area contributed by atoms with Gasteiger partial charge in [0.2, 0.25) is 5.88 Å². The van der Waals surface area contributed by atoms with Crippen molar-refractivity contribution in [3.63, 3.8) is 0 Å². The van der Waals surface area contributed by atoms with Gasteiger partial charge < -0.3 is 10.1 Å². The van der Waals surface area contributed by atoms with Crippen molar-refractivity contribution in [3.05, 3.63) is 52.1 Å². The molecule has 100 valence electrons. The zero-order valence-corrected chi connectivity index (χ0v) is 12.0. The number of benzene rings is 1. The van der Waals surface area contributed by atoms with Crippen molar-refractivity contribution in [1.82, 2.24) is 10.3 Å². The van der Waals surface area contributed by atoms with E-state index < -0.39 is 0 Å². The topological polar surface area (TPSA) is 34.2 Å². The lowest BCUT2D eigenvalue weighted by molar-refractivity contribution is 0.462. The van der Waals surface area contributed by atoms with Crippen LogP contribution in [-0.4, -0.2) is 11.5 Å². The quantitative estimate of drug-likeness (QED) is 0.894. The monoisotopic (exact) mass is 296 g/mol. The average molecular weight is 297 g/mol. The van der Waals surface area contributed by atoms with E-state index in [1.807, 2.05) is 19.1 Å². The minimum absolute atomic E-state index is 0.379. The molecule has 0 aliphatic carbocycles. The molecule has 5 heteroatoms. The van der Waals surface area contributed by atoms with Gasteiger partial charge in [-0.1, -0.05) is 36.2 Å². The Hall–Kier alpha value is -1.29. The first-order chi connectivity index (χ1) is 9.19. The van der Waals surface area contributed by atoms with Crippen LogP contribution in [0.2, 0.25) is 10.0 Å².